The second-order valence-electron chi connectivity index (χ2n) is 11.9. The number of carboxylic acids is 1. The summed E-state index contributed by atoms with van der Waals surface area (Å²) in [6, 6.07) is 22.9. The molecule has 15 heteroatoms. The normalized spacial score (nSPS) is 17.5. The summed E-state index contributed by atoms with van der Waals surface area (Å²) in [4.78, 5) is 64.0. The standard InChI is InChI=1S/C35H32N6O7S2/c1-35(2,33(46)47-28(21-12-6-3-7-13-21)22-14-8-4-9-15-22)48-39-25(24-20-50-34(36)37-24)29(42)38-26-30(43)41-27(32(44)45)23(19-49-31(26)41)18-40-16-10-5-11-17-40/h3-17,20,26,28,31H,18-19H2,1-2H3,(H3-,36,37,38,42,44,45)/p+1/b39-25-. The van der Waals surface area contributed by atoms with Gasteiger partial charge >= 0.3 is 11.9 Å². The molecule has 2 atom stereocenters. The highest BCUT2D eigenvalue weighted by Crippen LogP contribution is 2.40. The number of thioether (sulfide) groups is 1. The van der Waals surface area contributed by atoms with Crippen LogP contribution in [0.4, 0.5) is 5.13 Å². The molecule has 50 heavy (non-hydrogen) atoms. The molecule has 0 radical (unpaired) electrons. The monoisotopic (exact) mass is 713 g/mol. The number of anilines is 1. The maximum absolute atomic E-state index is 13.7. The number of rotatable bonds is 12. The van der Waals surface area contributed by atoms with Gasteiger partial charge in [0.05, 0.1) is 0 Å². The van der Waals surface area contributed by atoms with Crippen LogP contribution in [0.1, 0.15) is 36.8 Å². The van der Waals surface area contributed by atoms with Gasteiger partial charge in [-0.15, -0.1) is 23.1 Å². The second-order valence-corrected chi connectivity index (χ2v) is 13.9. The summed E-state index contributed by atoms with van der Waals surface area (Å²) in [7, 11) is 0. The van der Waals surface area contributed by atoms with Crippen LogP contribution in [-0.4, -0.2) is 67.2 Å². The molecule has 0 saturated carbocycles. The number of carbonyl (C=O) groups excluding carboxylic acids is 3. The lowest BCUT2D eigenvalue weighted by molar-refractivity contribution is -0.689. The van der Waals surface area contributed by atoms with Crippen LogP contribution >= 0.6 is 23.1 Å². The number of esters is 1. The molecule has 1 saturated heterocycles. The van der Waals surface area contributed by atoms with E-state index in [1.807, 2.05) is 95.8 Å². The number of carboxylic acid groups (broad SMARTS) is 1. The fourth-order valence-corrected chi connectivity index (χ4v) is 7.29. The highest BCUT2D eigenvalue weighted by atomic mass is 32.2. The minimum Gasteiger partial charge on any atom is -0.477 e. The molecule has 2 amide bonds. The first-order valence-corrected chi connectivity index (χ1v) is 17.4. The number of ether oxygens (including phenoxy) is 1. The molecule has 0 spiro atoms. The number of thiazole rings is 1. The van der Waals surface area contributed by atoms with Crippen molar-refractivity contribution in [1.82, 2.24) is 15.2 Å². The average Bonchev–Trinajstić information content (AvgIpc) is 3.55. The van der Waals surface area contributed by atoms with Crippen molar-refractivity contribution in [3.63, 3.8) is 0 Å². The molecule has 4 heterocycles. The summed E-state index contributed by atoms with van der Waals surface area (Å²) in [5.74, 6) is -3.06. The van der Waals surface area contributed by atoms with Gasteiger partial charge in [0.1, 0.15) is 22.8 Å². The predicted octanol–water partition coefficient (Wildman–Crippen LogP) is 3.28. The number of nitrogens with two attached hydrogens (primary N) is 1. The van der Waals surface area contributed by atoms with Crippen molar-refractivity contribution < 1.29 is 38.4 Å². The van der Waals surface area contributed by atoms with E-state index in [2.05, 4.69) is 15.5 Å². The number of hydrogen-bond donors (Lipinski definition) is 3. The van der Waals surface area contributed by atoms with Crippen LogP contribution in [0.25, 0.3) is 0 Å². The lowest BCUT2D eigenvalue weighted by atomic mass is 10.0. The molecular formula is C35H33N6O7S2+. The maximum atomic E-state index is 13.7. The summed E-state index contributed by atoms with van der Waals surface area (Å²) in [6.45, 7) is 3.19. The number of amides is 2. The Hall–Kier alpha value is -5.54. The molecule has 2 aromatic carbocycles. The van der Waals surface area contributed by atoms with E-state index in [0.717, 1.165) is 22.5 Å². The first-order chi connectivity index (χ1) is 24.0. The smallest absolute Gasteiger partial charge is 0.353 e. The number of aromatic nitrogens is 2. The Labute approximate surface area is 295 Å². The Kier molecular flexibility index (Phi) is 9.97. The summed E-state index contributed by atoms with van der Waals surface area (Å²) in [5, 5.41) is 17.8. The van der Waals surface area contributed by atoms with Crippen molar-refractivity contribution in [2.75, 3.05) is 11.5 Å². The van der Waals surface area contributed by atoms with Crippen molar-refractivity contribution in [3.05, 3.63) is 125 Å². The van der Waals surface area contributed by atoms with E-state index in [9.17, 15) is 24.3 Å². The maximum Gasteiger partial charge on any atom is 0.353 e. The van der Waals surface area contributed by atoms with Crippen LogP contribution in [0, 0.1) is 0 Å². The van der Waals surface area contributed by atoms with Gasteiger partial charge in [-0.05, 0) is 25.0 Å². The fourth-order valence-electron chi connectivity index (χ4n) is 5.41. The number of nitrogens with one attached hydrogen (secondary N) is 1. The van der Waals surface area contributed by atoms with E-state index in [1.165, 1.54) is 35.9 Å². The Morgan fingerprint density at radius 3 is 2.26 bits per heavy atom. The number of β-lactam (4-membered cyclic amide) rings is 1. The number of hydrogen-bond acceptors (Lipinski definition) is 11. The zero-order valence-corrected chi connectivity index (χ0v) is 28.6. The summed E-state index contributed by atoms with van der Waals surface area (Å²) in [6.07, 6.45) is 2.88. The van der Waals surface area contributed by atoms with Gasteiger partial charge in [-0.3, -0.25) is 14.5 Å². The highest BCUT2D eigenvalue weighted by Gasteiger charge is 2.55. The first kappa shape index (κ1) is 34.3. The van der Waals surface area contributed by atoms with E-state index in [1.54, 1.807) is 0 Å². The van der Waals surface area contributed by atoms with Crippen LogP contribution in [0.5, 0.6) is 0 Å². The molecule has 4 N–H and O–H groups in total. The minimum absolute atomic E-state index is 0.0637. The van der Waals surface area contributed by atoms with Crippen molar-refractivity contribution in [1.29, 1.82) is 0 Å². The van der Waals surface area contributed by atoms with Crippen LogP contribution in [0.3, 0.4) is 0 Å². The number of carbonyl (C=O) groups is 4. The largest absolute Gasteiger partial charge is 0.477 e. The van der Waals surface area contributed by atoms with Crippen molar-refractivity contribution in [3.8, 4) is 0 Å². The zero-order valence-electron chi connectivity index (χ0n) is 27.0. The van der Waals surface area contributed by atoms with E-state index >= 15 is 0 Å². The third-order valence-corrected chi connectivity index (χ3v) is 9.97. The number of oxime groups is 1. The number of nitrogens with zero attached hydrogens (tertiary/aromatic N) is 4. The van der Waals surface area contributed by atoms with Gasteiger partial charge in [0, 0.05) is 28.8 Å². The van der Waals surface area contributed by atoms with Gasteiger partial charge in [-0.1, -0.05) is 71.9 Å². The summed E-state index contributed by atoms with van der Waals surface area (Å²) >= 11 is 2.40. The first-order valence-electron chi connectivity index (χ1n) is 15.5. The minimum atomic E-state index is -1.68. The number of benzene rings is 2. The molecule has 2 aliphatic heterocycles. The molecule has 13 nitrogen and oxygen atoms in total. The van der Waals surface area contributed by atoms with Crippen molar-refractivity contribution >= 4 is 57.7 Å². The molecule has 2 unspecified atom stereocenters. The average molecular weight is 714 g/mol. The van der Waals surface area contributed by atoms with Crippen molar-refractivity contribution in [2.24, 2.45) is 5.16 Å². The molecule has 256 valence electrons. The van der Waals surface area contributed by atoms with Gasteiger partial charge in [0.2, 0.25) is 5.60 Å². The highest BCUT2D eigenvalue weighted by molar-refractivity contribution is 8.00. The number of fused-ring (bicyclic) bond motifs is 1. The third-order valence-electron chi connectivity index (χ3n) is 7.95. The lowest BCUT2D eigenvalue weighted by Gasteiger charge is -2.49. The van der Waals surface area contributed by atoms with Crippen LogP contribution < -0.4 is 15.6 Å². The third kappa shape index (κ3) is 7.23. The van der Waals surface area contributed by atoms with Crippen LogP contribution in [-0.2, 0) is 35.3 Å². The SMILES string of the molecule is CC(C)(O/N=C(\C(=O)NC1C(=O)N2C(C(=O)O)=C(C[n+]3ccccc3)CSC12)c1csc(N)n1)C(=O)OC(c1ccccc1)c1ccccc1. The molecule has 1 fully saturated rings. The number of aliphatic carboxylic acids is 1. The quantitative estimate of drug-likeness (QED) is 0.0649. The topological polar surface area (TPSA) is 177 Å². The molecule has 0 bridgehead atoms. The van der Waals surface area contributed by atoms with Crippen molar-refractivity contribution in [2.45, 2.75) is 43.5 Å². The summed E-state index contributed by atoms with van der Waals surface area (Å²) < 4.78 is 7.78. The van der Waals surface area contributed by atoms with E-state index in [-0.39, 0.29) is 28.8 Å². The summed E-state index contributed by atoms with van der Waals surface area (Å²) in [5.41, 5.74) is 5.87. The molecule has 4 aromatic rings. The van der Waals surface area contributed by atoms with Crippen LogP contribution in [0.2, 0.25) is 0 Å². The number of pyridine rings is 1. The van der Waals surface area contributed by atoms with Gasteiger partial charge in [0.15, 0.2) is 35.9 Å². The van der Waals surface area contributed by atoms with E-state index in [0.29, 0.717) is 11.3 Å². The Balaban J connectivity index is 1.20. The predicted molar refractivity (Wildman–Crippen MR) is 185 cm³/mol. The van der Waals surface area contributed by atoms with Gasteiger partial charge < -0.3 is 25.7 Å². The molecule has 2 aliphatic rings. The van der Waals surface area contributed by atoms with E-state index in [4.69, 9.17) is 15.3 Å². The van der Waals surface area contributed by atoms with E-state index < -0.39 is 46.9 Å². The van der Waals surface area contributed by atoms with Gasteiger partial charge in [0.25, 0.3) is 11.8 Å². The Morgan fingerprint density at radius 1 is 1.06 bits per heavy atom. The zero-order chi connectivity index (χ0) is 35.4. The Bertz CT molecular complexity index is 1930. The lowest BCUT2D eigenvalue weighted by Crippen LogP contribution is -2.71. The number of nitrogen functional groups attached to an aromatic ring is 1. The van der Waals surface area contributed by atoms with Gasteiger partial charge in [-0.25, -0.2) is 19.1 Å². The van der Waals surface area contributed by atoms with Crippen LogP contribution in [0.15, 0.2) is 113 Å². The Morgan fingerprint density at radius 2 is 1.68 bits per heavy atom. The molecule has 6 rings (SSSR count). The second kappa shape index (κ2) is 14.5. The molecule has 2 aromatic heterocycles. The molecular weight excluding hydrogens is 681 g/mol. The molecule has 0 aliphatic carbocycles. The van der Waals surface area contributed by atoms with Gasteiger partial charge in [-0.2, -0.15) is 0 Å². The fraction of sp³-hybridized carbons (Fsp3) is 0.229.